The van der Waals surface area contributed by atoms with Crippen LogP contribution in [0.2, 0.25) is 0 Å². The SMILES string of the molecule is CCCCCCCCCC(O)CCCCCCCC(=O)OCC(=O)c1ccc(Br)cc1. The summed E-state index contributed by atoms with van der Waals surface area (Å²) in [5.74, 6) is -0.494. The summed E-state index contributed by atoms with van der Waals surface area (Å²) < 4.78 is 5.99. The number of benzene rings is 1. The minimum atomic E-state index is -0.310. The zero-order chi connectivity index (χ0) is 22.7. The average Bonchev–Trinajstić information content (AvgIpc) is 2.76. The van der Waals surface area contributed by atoms with Gasteiger partial charge in [0.1, 0.15) is 0 Å². The fourth-order valence-electron chi connectivity index (χ4n) is 3.60. The van der Waals surface area contributed by atoms with Gasteiger partial charge in [0.25, 0.3) is 0 Å². The Morgan fingerprint density at radius 3 is 1.94 bits per heavy atom. The summed E-state index contributed by atoms with van der Waals surface area (Å²) in [4.78, 5) is 23.8. The first-order chi connectivity index (χ1) is 15.0. The summed E-state index contributed by atoms with van der Waals surface area (Å²) in [6.07, 6.45) is 16.0. The van der Waals surface area contributed by atoms with Crippen LogP contribution in [0, 0.1) is 0 Å². The highest BCUT2D eigenvalue weighted by atomic mass is 79.9. The first kappa shape index (κ1) is 27.8. The quantitative estimate of drug-likeness (QED) is 0.123. The number of Topliss-reactive ketones (excluding diaryl/α,β-unsaturated/α-hetero) is 1. The second-order valence-corrected chi connectivity index (χ2v) is 9.38. The van der Waals surface area contributed by atoms with Gasteiger partial charge in [-0.15, -0.1) is 0 Å². The first-order valence-electron chi connectivity index (χ1n) is 12.2. The van der Waals surface area contributed by atoms with E-state index in [1.165, 1.54) is 38.5 Å². The van der Waals surface area contributed by atoms with E-state index in [1.54, 1.807) is 24.3 Å². The molecule has 1 aromatic carbocycles. The number of ether oxygens (including phenoxy) is 1. The Hall–Kier alpha value is -1.20. The van der Waals surface area contributed by atoms with E-state index in [9.17, 15) is 14.7 Å². The summed E-state index contributed by atoms with van der Waals surface area (Å²) in [5, 5.41) is 10.1. The molecule has 0 amide bonds. The number of hydrogen-bond acceptors (Lipinski definition) is 4. The lowest BCUT2D eigenvalue weighted by atomic mass is 10.0. The van der Waals surface area contributed by atoms with E-state index < -0.39 is 0 Å². The Balaban J connectivity index is 1.92. The van der Waals surface area contributed by atoms with Crippen LogP contribution in [0.5, 0.6) is 0 Å². The van der Waals surface area contributed by atoms with E-state index in [1.807, 2.05) is 0 Å². The van der Waals surface area contributed by atoms with Crippen molar-refractivity contribution in [3.63, 3.8) is 0 Å². The van der Waals surface area contributed by atoms with Gasteiger partial charge in [0, 0.05) is 16.5 Å². The molecular weight excluding hydrogens is 456 g/mol. The van der Waals surface area contributed by atoms with Crippen LogP contribution in [0.4, 0.5) is 0 Å². The van der Waals surface area contributed by atoms with Crippen molar-refractivity contribution in [1.29, 1.82) is 0 Å². The molecule has 0 heterocycles. The van der Waals surface area contributed by atoms with E-state index in [-0.39, 0.29) is 24.5 Å². The third-order valence-electron chi connectivity index (χ3n) is 5.59. The van der Waals surface area contributed by atoms with Crippen molar-refractivity contribution < 1.29 is 19.4 Å². The molecule has 0 saturated carbocycles. The zero-order valence-corrected chi connectivity index (χ0v) is 20.8. The maximum absolute atomic E-state index is 12.0. The van der Waals surface area contributed by atoms with E-state index >= 15 is 0 Å². The summed E-state index contributed by atoms with van der Waals surface area (Å²) in [6.45, 7) is 2.04. The van der Waals surface area contributed by atoms with Crippen LogP contribution in [0.25, 0.3) is 0 Å². The highest BCUT2D eigenvalue weighted by Gasteiger charge is 2.10. The molecule has 0 aliphatic rings. The molecule has 0 spiro atoms. The Bertz CT molecular complexity index is 600. The summed E-state index contributed by atoms with van der Waals surface area (Å²) >= 11 is 3.33. The number of carbonyl (C=O) groups is 2. The van der Waals surface area contributed by atoms with Crippen molar-refractivity contribution in [3.05, 3.63) is 34.3 Å². The monoisotopic (exact) mass is 496 g/mol. The molecule has 0 saturated heterocycles. The van der Waals surface area contributed by atoms with Crippen LogP contribution in [0.1, 0.15) is 114 Å². The number of hydrogen-bond donors (Lipinski definition) is 1. The van der Waals surface area contributed by atoms with Crippen LogP contribution < -0.4 is 0 Å². The Labute approximate surface area is 197 Å². The van der Waals surface area contributed by atoms with E-state index in [0.717, 1.165) is 55.8 Å². The smallest absolute Gasteiger partial charge is 0.306 e. The summed E-state index contributed by atoms with van der Waals surface area (Å²) in [5.41, 5.74) is 0.546. The second-order valence-electron chi connectivity index (χ2n) is 8.46. The van der Waals surface area contributed by atoms with Gasteiger partial charge in [-0.1, -0.05) is 106 Å². The molecule has 0 aliphatic heterocycles. The van der Waals surface area contributed by atoms with Crippen LogP contribution in [0.15, 0.2) is 28.7 Å². The predicted octanol–water partition coefficient (Wildman–Crippen LogP) is 7.41. The van der Waals surface area contributed by atoms with Crippen LogP contribution >= 0.6 is 15.9 Å². The van der Waals surface area contributed by atoms with E-state index in [0.29, 0.717) is 12.0 Å². The molecule has 0 radical (unpaired) electrons. The maximum atomic E-state index is 12.0. The van der Waals surface area contributed by atoms with Gasteiger partial charge in [-0.05, 0) is 31.4 Å². The normalized spacial score (nSPS) is 12.0. The first-order valence-corrected chi connectivity index (χ1v) is 12.9. The number of halogens is 1. The Kier molecular flexibility index (Phi) is 16.5. The largest absolute Gasteiger partial charge is 0.457 e. The molecule has 0 fully saturated rings. The average molecular weight is 498 g/mol. The van der Waals surface area contributed by atoms with Gasteiger partial charge in [0.2, 0.25) is 0 Å². The molecule has 176 valence electrons. The highest BCUT2D eigenvalue weighted by Crippen LogP contribution is 2.15. The second kappa shape index (κ2) is 18.4. The molecule has 1 unspecified atom stereocenters. The number of carbonyl (C=O) groups excluding carboxylic acids is 2. The number of aliphatic hydroxyl groups is 1. The molecule has 0 aromatic heterocycles. The third-order valence-corrected chi connectivity index (χ3v) is 6.12. The van der Waals surface area contributed by atoms with Crippen molar-refractivity contribution in [3.8, 4) is 0 Å². The number of rotatable bonds is 19. The van der Waals surface area contributed by atoms with Crippen LogP contribution in [-0.2, 0) is 9.53 Å². The van der Waals surface area contributed by atoms with Gasteiger partial charge < -0.3 is 9.84 Å². The third kappa shape index (κ3) is 15.3. The molecule has 1 rings (SSSR count). The molecule has 5 heteroatoms. The lowest BCUT2D eigenvalue weighted by Crippen LogP contribution is -2.13. The lowest BCUT2D eigenvalue weighted by Gasteiger charge is -2.10. The van der Waals surface area contributed by atoms with Crippen molar-refractivity contribution in [2.45, 2.75) is 109 Å². The van der Waals surface area contributed by atoms with Gasteiger partial charge in [-0.2, -0.15) is 0 Å². The molecule has 4 nitrogen and oxygen atoms in total. The van der Waals surface area contributed by atoms with Gasteiger partial charge in [-0.25, -0.2) is 0 Å². The van der Waals surface area contributed by atoms with Gasteiger partial charge in [-0.3, -0.25) is 9.59 Å². The minimum absolute atomic E-state index is 0.158. The zero-order valence-electron chi connectivity index (χ0n) is 19.3. The predicted molar refractivity (Wildman–Crippen MR) is 130 cm³/mol. The van der Waals surface area contributed by atoms with Crippen molar-refractivity contribution in [1.82, 2.24) is 0 Å². The fraction of sp³-hybridized carbons (Fsp3) is 0.692. The van der Waals surface area contributed by atoms with Gasteiger partial charge in [0.05, 0.1) is 6.10 Å². The number of ketones is 1. The number of unbranched alkanes of at least 4 members (excludes halogenated alkanes) is 10. The van der Waals surface area contributed by atoms with Gasteiger partial charge in [0.15, 0.2) is 12.4 Å². The Morgan fingerprint density at radius 2 is 1.35 bits per heavy atom. The van der Waals surface area contributed by atoms with Crippen molar-refractivity contribution in [2.24, 2.45) is 0 Å². The topological polar surface area (TPSA) is 63.6 Å². The van der Waals surface area contributed by atoms with Gasteiger partial charge >= 0.3 is 5.97 Å². The Morgan fingerprint density at radius 1 is 0.839 bits per heavy atom. The van der Waals surface area contributed by atoms with Crippen molar-refractivity contribution >= 4 is 27.7 Å². The molecule has 1 N–H and O–H groups in total. The summed E-state index contributed by atoms with van der Waals surface area (Å²) in [7, 11) is 0. The lowest BCUT2D eigenvalue weighted by molar-refractivity contribution is -0.142. The minimum Gasteiger partial charge on any atom is -0.457 e. The molecular formula is C26H41BrO4. The molecule has 0 aliphatic carbocycles. The molecule has 0 bridgehead atoms. The molecule has 31 heavy (non-hydrogen) atoms. The van der Waals surface area contributed by atoms with Crippen LogP contribution in [-0.4, -0.2) is 29.6 Å². The highest BCUT2D eigenvalue weighted by molar-refractivity contribution is 9.10. The fourth-order valence-corrected chi connectivity index (χ4v) is 3.86. The van der Waals surface area contributed by atoms with Crippen molar-refractivity contribution in [2.75, 3.05) is 6.61 Å². The van der Waals surface area contributed by atoms with E-state index in [2.05, 4.69) is 22.9 Å². The molecule has 1 atom stereocenters. The maximum Gasteiger partial charge on any atom is 0.306 e. The summed E-state index contributed by atoms with van der Waals surface area (Å²) in [6, 6.07) is 7.02. The molecule has 1 aromatic rings. The van der Waals surface area contributed by atoms with E-state index in [4.69, 9.17) is 4.74 Å². The number of aliphatic hydroxyl groups excluding tert-OH is 1. The number of esters is 1. The standard InChI is InChI=1S/C26H41BrO4/c1-2-3-4-5-6-8-11-14-24(28)15-12-9-7-10-13-16-26(30)31-21-25(29)22-17-19-23(27)20-18-22/h17-20,24,28H,2-16,21H2,1H3. The van der Waals surface area contributed by atoms with Crippen LogP contribution in [0.3, 0.4) is 0 Å².